The highest BCUT2D eigenvalue weighted by Gasteiger charge is 2.15. The molecule has 1 N–H and O–H groups in total. The van der Waals surface area contributed by atoms with Crippen LogP contribution in [0.25, 0.3) is 11.4 Å². The summed E-state index contributed by atoms with van der Waals surface area (Å²) in [5.74, 6) is 1.75. The molecule has 0 spiro atoms. The van der Waals surface area contributed by atoms with Gasteiger partial charge >= 0.3 is 0 Å². The molecule has 1 aliphatic rings. The molecule has 128 valence electrons. The van der Waals surface area contributed by atoms with Gasteiger partial charge in [-0.2, -0.15) is 4.80 Å². The fourth-order valence-corrected chi connectivity index (χ4v) is 3.02. The van der Waals surface area contributed by atoms with Gasteiger partial charge in [0.05, 0.1) is 7.11 Å². The van der Waals surface area contributed by atoms with Crippen LogP contribution in [0.3, 0.4) is 0 Å². The summed E-state index contributed by atoms with van der Waals surface area (Å²) >= 11 is 0. The highest BCUT2D eigenvalue weighted by atomic mass is 16.5. The zero-order valence-electron chi connectivity index (χ0n) is 13.9. The number of ether oxygens (including phenoxy) is 1. The van der Waals surface area contributed by atoms with Crippen LogP contribution in [0.1, 0.15) is 32.1 Å². The maximum absolute atomic E-state index is 12.0. The Morgan fingerprint density at radius 2 is 2.17 bits per heavy atom. The molecule has 2 aromatic rings. The quantitative estimate of drug-likeness (QED) is 0.877. The summed E-state index contributed by atoms with van der Waals surface area (Å²) in [5, 5.41) is 15.2. The van der Waals surface area contributed by atoms with Crippen LogP contribution in [-0.2, 0) is 11.3 Å². The van der Waals surface area contributed by atoms with E-state index >= 15 is 0 Å². The monoisotopic (exact) mass is 329 g/mol. The third kappa shape index (κ3) is 4.31. The number of amides is 1. The van der Waals surface area contributed by atoms with Crippen molar-refractivity contribution in [2.45, 2.75) is 38.6 Å². The standard InChI is InChI=1S/C17H23N5O2/c1-24-15-9-5-8-14(10-15)17-19-21-22(20-17)12-16(23)18-11-13-6-3-2-4-7-13/h5,8-10,13H,2-4,6-7,11-12H2,1H3,(H,18,23). The largest absolute Gasteiger partial charge is 0.497 e. The average molecular weight is 329 g/mol. The first-order valence-electron chi connectivity index (χ1n) is 8.43. The summed E-state index contributed by atoms with van der Waals surface area (Å²) in [6, 6.07) is 7.44. The van der Waals surface area contributed by atoms with Crippen molar-refractivity contribution in [3.05, 3.63) is 24.3 Å². The van der Waals surface area contributed by atoms with Crippen molar-refractivity contribution in [3.8, 4) is 17.1 Å². The van der Waals surface area contributed by atoms with Gasteiger partial charge in [-0.15, -0.1) is 10.2 Å². The Bertz CT molecular complexity index is 679. The van der Waals surface area contributed by atoms with Gasteiger partial charge in [0, 0.05) is 12.1 Å². The van der Waals surface area contributed by atoms with Crippen LogP contribution in [0.15, 0.2) is 24.3 Å². The van der Waals surface area contributed by atoms with E-state index in [0.717, 1.165) is 17.9 Å². The van der Waals surface area contributed by atoms with Crippen molar-refractivity contribution in [3.63, 3.8) is 0 Å². The van der Waals surface area contributed by atoms with E-state index in [9.17, 15) is 4.79 Å². The highest BCUT2D eigenvalue weighted by Crippen LogP contribution is 2.22. The summed E-state index contributed by atoms with van der Waals surface area (Å²) in [7, 11) is 1.61. The van der Waals surface area contributed by atoms with Crippen molar-refractivity contribution < 1.29 is 9.53 Å². The SMILES string of the molecule is COc1cccc(-c2nnn(CC(=O)NCC3CCCCC3)n2)c1. The van der Waals surface area contributed by atoms with E-state index in [1.165, 1.54) is 36.9 Å². The van der Waals surface area contributed by atoms with E-state index in [1.807, 2.05) is 24.3 Å². The van der Waals surface area contributed by atoms with Crippen molar-refractivity contribution >= 4 is 5.91 Å². The van der Waals surface area contributed by atoms with E-state index in [-0.39, 0.29) is 12.5 Å². The predicted octanol–water partition coefficient (Wildman–Crippen LogP) is 2.05. The minimum absolute atomic E-state index is 0.0739. The Morgan fingerprint density at radius 1 is 1.33 bits per heavy atom. The van der Waals surface area contributed by atoms with Gasteiger partial charge in [-0.05, 0) is 36.1 Å². The number of hydrogen-bond acceptors (Lipinski definition) is 5. The number of nitrogens with one attached hydrogen (secondary N) is 1. The van der Waals surface area contributed by atoms with Crippen LogP contribution in [0.4, 0.5) is 0 Å². The molecule has 0 unspecified atom stereocenters. The molecule has 0 bridgehead atoms. The lowest BCUT2D eigenvalue weighted by Gasteiger charge is -2.21. The molecule has 1 heterocycles. The number of methoxy groups -OCH3 is 1. The van der Waals surface area contributed by atoms with Crippen molar-refractivity contribution in [2.75, 3.05) is 13.7 Å². The molecule has 24 heavy (non-hydrogen) atoms. The van der Waals surface area contributed by atoms with Crippen LogP contribution < -0.4 is 10.1 Å². The van der Waals surface area contributed by atoms with Gasteiger partial charge in [0.15, 0.2) is 0 Å². The van der Waals surface area contributed by atoms with Gasteiger partial charge in [0.2, 0.25) is 11.7 Å². The zero-order valence-corrected chi connectivity index (χ0v) is 13.9. The minimum atomic E-state index is -0.0739. The van der Waals surface area contributed by atoms with E-state index in [0.29, 0.717) is 11.7 Å². The fourth-order valence-electron chi connectivity index (χ4n) is 3.02. The smallest absolute Gasteiger partial charge is 0.243 e. The molecule has 0 atom stereocenters. The zero-order chi connectivity index (χ0) is 16.8. The Morgan fingerprint density at radius 3 is 2.96 bits per heavy atom. The van der Waals surface area contributed by atoms with Crippen molar-refractivity contribution in [2.24, 2.45) is 5.92 Å². The predicted molar refractivity (Wildman–Crippen MR) is 89.4 cm³/mol. The number of carbonyl (C=O) groups excluding carboxylic acids is 1. The van der Waals surface area contributed by atoms with Crippen molar-refractivity contribution in [1.29, 1.82) is 0 Å². The van der Waals surface area contributed by atoms with Crippen LogP contribution in [0.2, 0.25) is 0 Å². The normalized spacial score (nSPS) is 15.2. The third-order valence-electron chi connectivity index (χ3n) is 4.38. The van der Waals surface area contributed by atoms with Gasteiger partial charge in [-0.3, -0.25) is 4.79 Å². The molecule has 1 amide bonds. The van der Waals surface area contributed by atoms with Gasteiger partial charge in [-0.25, -0.2) is 0 Å². The lowest BCUT2D eigenvalue weighted by molar-refractivity contribution is -0.122. The molecule has 7 heteroatoms. The number of tetrazole rings is 1. The van der Waals surface area contributed by atoms with Crippen LogP contribution in [-0.4, -0.2) is 39.8 Å². The van der Waals surface area contributed by atoms with Gasteiger partial charge in [0.1, 0.15) is 12.3 Å². The number of carbonyl (C=O) groups is 1. The Labute approximate surface area is 141 Å². The molecule has 7 nitrogen and oxygen atoms in total. The first kappa shape index (κ1) is 16.4. The first-order chi connectivity index (χ1) is 11.7. The van der Waals surface area contributed by atoms with Crippen LogP contribution in [0, 0.1) is 5.92 Å². The fraction of sp³-hybridized carbons (Fsp3) is 0.529. The van der Waals surface area contributed by atoms with E-state index in [1.54, 1.807) is 7.11 Å². The number of aromatic nitrogens is 4. The summed E-state index contributed by atoms with van der Waals surface area (Å²) in [4.78, 5) is 13.4. The minimum Gasteiger partial charge on any atom is -0.497 e. The van der Waals surface area contributed by atoms with Crippen LogP contribution in [0.5, 0.6) is 5.75 Å². The number of rotatable bonds is 6. The van der Waals surface area contributed by atoms with Gasteiger partial charge < -0.3 is 10.1 Å². The topological polar surface area (TPSA) is 81.9 Å². The molecule has 3 rings (SSSR count). The number of benzene rings is 1. The van der Waals surface area contributed by atoms with Gasteiger partial charge in [-0.1, -0.05) is 31.4 Å². The molecule has 0 aliphatic heterocycles. The second kappa shape index (κ2) is 7.90. The molecule has 1 saturated carbocycles. The molecule has 1 aliphatic carbocycles. The lowest BCUT2D eigenvalue weighted by Crippen LogP contribution is -2.33. The molecule has 1 aromatic carbocycles. The summed E-state index contributed by atoms with van der Waals surface area (Å²) < 4.78 is 5.19. The summed E-state index contributed by atoms with van der Waals surface area (Å²) in [6.45, 7) is 0.833. The summed E-state index contributed by atoms with van der Waals surface area (Å²) in [5.41, 5.74) is 0.809. The molecule has 1 fully saturated rings. The van der Waals surface area contributed by atoms with E-state index in [2.05, 4.69) is 20.7 Å². The van der Waals surface area contributed by atoms with Crippen molar-refractivity contribution in [1.82, 2.24) is 25.5 Å². The molecular formula is C17H23N5O2. The maximum atomic E-state index is 12.0. The molecular weight excluding hydrogens is 306 g/mol. The molecule has 1 aromatic heterocycles. The molecule has 0 saturated heterocycles. The number of hydrogen-bond donors (Lipinski definition) is 1. The van der Waals surface area contributed by atoms with Gasteiger partial charge in [0.25, 0.3) is 0 Å². The Balaban J connectivity index is 1.54. The number of nitrogens with zero attached hydrogens (tertiary/aromatic N) is 4. The second-order valence-corrected chi connectivity index (χ2v) is 6.18. The lowest BCUT2D eigenvalue weighted by atomic mass is 9.89. The first-order valence-corrected chi connectivity index (χ1v) is 8.43. The maximum Gasteiger partial charge on any atom is 0.243 e. The van der Waals surface area contributed by atoms with E-state index in [4.69, 9.17) is 4.74 Å². The Kier molecular flexibility index (Phi) is 5.40. The second-order valence-electron chi connectivity index (χ2n) is 6.18. The van der Waals surface area contributed by atoms with E-state index < -0.39 is 0 Å². The Hall–Kier alpha value is -2.44. The molecule has 0 radical (unpaired) electrons. The summed E-state index contributed by atoms with van der Waals surface area (Å²) in [6.07, 6.45) is 6.29. The highest BCUT2D eigenvalue weighted by molar-refractivity contribution is 5.75. The third-order valence-corrected chi connectivity index (χ3v) is 4.38. The van der Waals surface area contributed by atoms with Crippen LogP contribution >= 0.6 is 0 Å². The average Bonchev–Trinajstić information content (AvgIpc) is 3.09.